The SMILES string of the molecule is CCOc1cc(C=O)cc(C#CC(=O)O)c1OCc1ccccc1. The molecule has 0 aliphatic carbocycles. The van der Waals surface area contributed by atoms with E-state index in [0.29, 0.717) is 35.5 Å². The van der Waals surface area contributed by atoms with Crippen LogP contribution in [-0.4, -0.2) is 24.0 Å². The summed E-state index contributed by atoms with van der Waals surface area (Å²) in [6.07, 6.45) is 0.648. The fraction of sp³-hybridized carbons (Fsp3) is 0.158. The van der Waals surface area contributed by atoms with Gasteiger partial charge in [-0.05, 0) is 24.6 Å². The normalized spacial score (nSPS) is 9.54. The van der Waals surface area contributed by atoms with Crippen LogP contribution in [0.15, 0.2) is 42.5 Å². The highest BCUT2D eigenvalue weighted by atomic mass is 16.5. The molecule has 0 spiro atoms. The second-order valence-corrected chi connectivity index (χ2v) is 4.78. The van der Waals surface area contributed by atoms with Crippen LogP contribution in [0.25, 0.3) is 0 Å². The highest BCUT2D eigenvalue weighted by Crippen LogP contribution is 2.33. The molecule has 0 radical (unpaired) electrons. The summed E-state index contributed by atoms with van der Waals surface area (Å²) < 4.78 is 11.3. The smallest absolute Gasteiger partial charge is 0.382 e. The Kier molecular flexibility index (Phi) is 5.98. The van der Waals surface area contributed by atoms with Crippen molar-refractivity contribution in [1.29, 1.82) is 0 Å². The number of carbonyl (C=O) groups excluding carboxylic acids is 1. The average molecular weight is 324 g/mol. The third kappa shape index (κ3) is 4.62. The molecule has 0 aliphatic rings. The lowest BCUT2D eigenvalue weighted by Crippen LogP contribution is -2.03. The zero-order valence-electron chi connectivity index (χ0n) is 13.1. The van der Waals surface area contributed by atoms with Crippen molar-refractivity contribution in [2.45, 2.75) is 13.5 Å². The molecule has 2 aromatic carbocycles. The summed E-state index contributed by atoms with van der Waals surface area (Å²) in [4.78, 5) is 21.8. The van der Waals surface area contributed by atoms with E-state index in [1.165, 1.54) is 6.07 Å². The number of hydrogen-bond donors (Lipinski definition) is 1. The first kappa shape index (κ1) is 17.1. The van der Waals surface area contributed by atoms with Crippen molar-refractivity contribution in [3.63, 3.8) is 0 Å². The maximum Gasteiger partial charge on any atom is 0.382 e. The Bertz CT molecular complexity index is 785. The van der Waals surface area contributed by atoms with Crippen LogP contribution in [0.2, 0.25) is 0 Å². The van der Waals surface area contributed by atoms with E-state index in [4.69, 9.17) is 14.6 Å². The molecule has 122 valence electrons. The van der Waals surface area contributed by atoms with Gasteiger partial charge in [-0.2, -0.15) is 0 Å². The molecule has 0 bridgehead atoms. The van der Waals surface area contributed by atoms with Gasteiger partial charge in [0, 0.05) is 11.5 Å². The Morgan fingerprint density at radius 2 is 1.96 bits per heavy atom. The Hall–Kier alpha value is -3.26. The van der Waals surface area contributed by atoms with Gasteiger partial charge in [0.2, 0.25) is 0 Å². The molecule has 0 saturated heterocycles. The predicted molar refractivity (Wildman–Crippen MR) is 88.3 cm³/mol. The van der Waals surface area contributed by atoms with Crippen molar-refractivity contribution in [3.8, 4) is 23.3 Å². The summed E-state index contributed by atoms with van der Waals surface area (Å²) in [7, 11) is 0. The van der Waals surface area contributed by atoms with Gasteiger partial charge in [-0.15, -0.1) is 0 Å². The molecule has 0 saturated carbocycles. The molecule has 0 heterocycles. The number of aliphatic carboxylic acids is 1. The summed E-state index contributed by atoms with van der Waals surface area (Å²) in [5.41, 5.74) is 1.57. The number of hydrogen-bond acceptors (Lipinski definition) is 4. The number of ether oxygens (including phenoxy) is 2. The van der Waals surface area contributed by atoms with Crippen molar-refractivity contribution < 1.29 is 24.2 Å². The van der Waals surface area contributed by atoms with Crippen LogP contribution in [0, 0.1) is 11.8 Å². The van der Waals surface area contributed by atoms with E-state index < -0.39 is 5.97 Å². The molecule has 0 fully saturated rings. The van der Waals surface area contributed by atoms with Crippen molar-refractivity contribution >= 4 is 12.3 Å². The van der Waals surface area contributed by atoms with E-state index in [2.05, 4.69) is 5.92 Å². The van der Waals surface area contributed by atoms with Crippen LogP contribution in [-0.2, 0) is 11.4 Å². The first-order valence-corrected chi connectivity index (χ1v) is 7.31. The van der Waals surface area contributed by atoms with Crippen LogP contribution in [0.5, 0.6) is 11.5 Å². The van der Waals surface area contributed by atoms with E-state index in [9.17, 15) is 9.59 Å². The predicted octanol–water partition coefficient (Wildman–Crippen LogP) is 2.91. The summed E-state index contributed by atoms with van der Waals surface area (Å²) in [6, 6.07) is 12.5. The highest BCUT2D eigenvalue weighted by molar-refractivity contribution is 5.88. The minimum atomic E-state index is -1.27. The van der Waals surface area contributed by atoms with Gasteiger partial charge in [0.15, 0.2) is 11.5 Å². The molecule has 1 N–H and O–H groups in total. The zero-order valence-corrected chi connectivity index (χ0v) is 13.1. The molecule has 2 rings (SSSR count). The first-order chi connectivity index (χ1) is 11.6. The molecule has 0 aliphatic heterocycles. The van der Waals surface area contributed by atoms with E-state index in [-0.39, 0.29) is 6.61 Å². The third-order valence-corrected chi connectivity index (χ3v) is 3.04. The van der Waals surface area contributed by atoms with Crippen LogP contribution >= 0.6 is 0 Å². The number of carboxylic acids is 1. The highest BCUT2D eigenvalue weighted by Gasteiger charge is 2.13. The van der Waals surface area contributed by atoms with Crippen molar-refractivity contribution in [2.24, 2.45) is 0 Å². The fourth-order valence-electron chi connectivity index (χ4n) is 2.05. The van der Waals surface area contributed by atoms with Crippen LogP contribution in [0.3, 0.4) is 0 Å². The van der Waals surface area contributed by atoms with Gasteiger partial charge in [0.25, 0.3) is 0 Å². The molecular formula is C19H16O5. The van der Waals surface area contributed by atoms with Crippen molar-refractivity contribution in [2.75, 3.05) is 6.61 Å². The lowest BCUT2D eigenvalue weighted by atomic mass is 10.1. The monoisotopic (exact) mass is 324 g/mol. The Balaban J connectivity index is 2.42. The van der Waals surface area contributed by atoms with Crippen LogP contribution in [0.1, 0.15) is 28.4 Å². The Morgan fingerprint density at radius 1 is 1.21 bits per heavy atom. The number of rotatable bonds is 6. The number of carboxylic acid groups (broad SMARTS) is 1. The second-order valence-electron chi connectivity index (χ2n) is 4.78. The van der Waals surface area contributed by atoms with Crippen LogP contribution in [0.4, 0.5) is 0 Å². The molecule has 24 heavy (non-hydrogen) atoms. The number of aldehydes is 1. The second kappa shape index (κ2) is 8.39. The molecule has 5 nitrogen and oxygen atoms in total. The maximum absolute atomic E-state index is 11.1. The average Bonchev–Trinajstić information content (AvgIpc) is 2.59. The topological polar surface area (TPSA) is 72.8 Å². The van der Waals surface area contributed by atoms with Gasteiger partial charge in [-0.3, -0.25) is 4.79 Å². The van der Waals surface area contributed by atoms with Gasteiger partial charge >= 0.3 is 5.97 Å². The molecule has 2 aromatic rings. The first-order valence-electron chi connectivity index (χ1n) is 7.31. The molecular weight excluding hydrogens is 308 g/mol. The molecule has 0 amide bonds. The van der Waals surface area contributed by atoms with E-state index in [1.807, 2.05) is 36.3 Å². The number of benzene rings is 2. The van der Waals surface area contributed by atoms with Gasteiger partial charge in [-0.1, -0.05) is 36.3 Å². The quantitative estimate of drug-likeness (QED) is 0.653. The third-order valence-electron chi connectivity index (χ3n) is 3.04. The minimum absolute atomic E-state index is 0.267. The standard InChI is InChI=1S/C19H16O5/c1-2-23-17-11-15(12-20)10-16(8-9-18(21)22)19(17)24-13-14-6-4-3-5-7-14/h3-7,10-12H,2,13H2,1H3,(H,21,22). The summed E-state index contributed by atoms with van der Waals surface area (Å²) >= 11 is 0. The van der Waals surface area contributed by atoms with Gasteiger partial charge in [-0.25, -0.2) is 4.79 Å². The summed E-state index contributed by atoms with van der Waals surface area (Å²) in [5.74, 6) is 3.95. The Morgan fingerprint density at radius 3 is 2.58 bits per heavy atom. The van der Waals surface area contributed by atoms with Gasteiger partial charge < -0.3 is 14.6 Å². The largest absolute Gasteiger partial charge is 0.490 e. The van der Waals surface area contributed by atoms with Gasteiger partial charge in [0.1, 0.15) is 12.9 Å². The molecule has 0 unspecified atom stereocenters. The van der Waals surface area contributed by atoms with Crippen LogP contribution < -0.4 is 9.47 Å². The van der Waals surface area contributed by atoms with Crippen molar-refractivity contribution in [3.05, 3.63) is 59.2 Å². The summed E-state index contributed by atoms with van der Waals surface area (Å²) in [5, 5.41) is 8.76. The Labute approximate surface area is 139 Å². The lowest BCUT2D eigenvalue weighted by molar-refractivity contribution is -0.130. The molecule has 0 atom stereocenters. The lowest BCUT2D eigenvalue weighted by Gasteiger charge is -2.14. The molecule has 0 aromatic heterocycles. The maximum atomic E-state index is 11.1. The van der Waals surface area contributed by atoms with E-state index in [1.54, 1.807) is 13.0 Å². The fourth-order valence-corrected chi connectivity index (χ4v) is 2.05. The summed E-state index contributed by atoms with van der Waals surface area (Å²) in [6.45, 7) is 2.44. The van der Waals surface area contributed by atoms with Gasteiger partial charge in [0.05, 0.1) is 12.2 Å². The van der Waals surface area contributed by atoms with Crippen molar-refractivity contribution in [1.82, 2.24) is 0 Å². The van der Waals surface area contributed by atoms with E-state index >= 15 is 0 Å². The number of carbonyl (C=O) groups is 2. The molecule has 5 heteroatoms. The van der Waals surface area contributed by atoms with E-state index in [0.717, 1.165) is 5.56 Å². The minimum Gasteiger partial charge on any atom is -0.490 e. The zero-order chi connectivity index (χ0) is 17.4.